The summed E-state index contributed by atoms with van der Waals surface area (Å²) in [6, 6.07) is 0. The zero-order valence-electron chi connectivity index (χ0n) is 12.2. The lowest BCUT2D eigenvalue weighted by atomic mass is 10.0. The van der Waals surface area contributed by atoms with Crippen molar-refractivity contribution in [2.24, 2.45) is 5.16 Å². The van der Waals surface area contributed by atoms with E-state index in [1.165, 1.54) is 0 Å². The monoisotopic (exact) mass is 357 g/mol. The number of aliphatic hydroxyl groups is 4. The maximum Gasteiger partial charge on any atom is 0.138 e. The first-order valence-electron chi connectivity index (χ1n) is 6.88. The van der Waals surface area contributed by atoms with Gasteiger partial charge in [0.1, 0.15) is 34.9 Å². The minimum atomic E-state index is -1.45. The largest absolute Gasteiger partial charge is 0.410 e. The van der Waals surface area contributed by atoms with Crippen LogP contribution in [0.15, 0.2) is 5.16 Å². The Labute approximate surface area is 135 Å². The third-order valence-corrected chi connectivity index (χ3v) is 5.33. The molecule has 0 saturated carbocycles. The molecule has 8 nitrogen and oxygen atoms in total. The summed E-state index contributed by atoms with van der Waals surface area (Å²) in [5.74, 6) is 0.559. The fourth-order valence-corrected chi connectivity index (χ4v) is 3.70. The van der Waals surface area contributed by atoms with Gasteiger partial charge in [0.2, 0.25) is 0 Å². The Hall–Kier alpha value is -0.230. The third-order valence-electron chi connectivity index (χ3n) is 3.28. The molecule has 0 spiro atoms. The average molecular weight is 357 g/mol. The Bertz CT molecular complexity index is 394. The topological polar surface area (TPSA) is 140 Å². The summed E-state index contributed by atoms with van der Waals surface area (Å²) in [6.07, 6.45) is -1.84. The number of hydrogen-bond donors (Lipinski definition) is 5. The van der Waals surface area contributed by atoms with Gasteiger partial charge in [-0.2, -0.15) is 0 Å². The molecule has 10 heteroatoms. The van der Waals surface area contributed by atoms with Crippen LogP contribution in [0.1, 0.15) is 19.3 Å². The fraction of sp³-hybridized carbons (Fsp3) is 0.917. The van der Waals surface area contributed by atoms with Crippen molar-refractivity contribution in [2.75, 3.05) is 18.6 Å². The van der Waals surface area contributed by atoms with Gasteiger partial charge in [-0.1, -0.05) is 16.9 Å². The lowest BCUT2D eigenvalue weighted by molar-refractivity contribution is -0.205. The van der Waals surface area contributed by atoms with Crippen molar-refractivity contribution in [3.63, 3.8) is 0 Å². The molecule has 1 heterocycles. The van der Waals surface area contributed by atoms with Crippen LogP contribution in [0.5, 0.6) is 0 Å². The van der Waals surface area contributed by atoms with E-state index in [1.54, 1.807) is 6.26 Å². The zero-order valence-corrected chi connectivity index (χ0v) is 13.9. The van der Waals surface area contributed by atoms with Gasteiger partial charge in [0, 0.05) is 22.8 Å². The smallest absolute Gasteiger partial charge is 0.138 e. The number of oxime groups is 1. The maximum atomic E-state index is 11.0. The second-order valence-electron chi connectivity index (χ2n) is 5.04. The first-order chi connectivity index (χ1) is 10.4. The van der Waals surface area contributed by atoms with Gasteiger partial charge in [-0.15, -0.1) is 0 Å². The van der Waals surface area contributed by atoms with Crippen LogP contribution in [-0.2, 0) is 15.5 Å². The van der Waals surface area contributed by atoms with Crippen LogP contribution >= 0.6 is 11.8 Å². The van der Waals surface area contributed by atoms with Gasteiger partial charge < -0.3 is 30.4 Å². The van der Waals surface area contributed by atoms with E-state index in [0.29, 0.717) is 30.1 Å². The number of nitrogens with zero attached hydrogens (tertiary/aromatic N) is 1. The predicted octanol–water partition coefficient (Wildman–Crippen LogP) is -1.14. The molecule has 0 unspecified atom stereocenters. The average Bonchev–Trinajstić information content (AvgIpc) is 2.50. The number of unbranched alkanes of at least 4 members (excludes halogenated alkanes) is 1. The van der Waals surface area contributed by atoms with Crippen molar-refractivity contribution in [1.29, 1.82) is 0 Å². The van der Waals surface area contributed by atoms with Crippen molar-refractivity contribution in [2.45, 2.75) is 49.1 Å². The quantitative estimate of drug-likeness (QED) is 0.127. The summed E-state index contributed by atoms with van der Waals surface area (Å²) in [5, 5.41) is 50.8. The minimum Gasteiger partial charge on any atom is -0.410 e. The predicted molar refractivity (Wildman–Crippen MR) is 83.4 cm³/mol. The van der Waals surface area contributed by atoms with Gasteiger partial charge in [-0.05, 0) is 19.3 Å². The van der Waals surface area contributed by atoms with Gasteiger partial charge in [0.15, 0.2) is 0 Å². The van der Waals surface area contributed by atoms with Crippen LogP contribution < -0.4 is 0 Å². The van der Waals surface area contributed by atoms with Crippen molar-refractivity contribution in [1.82, 2.24) is 0 Å². The van der Waals surface area contributed by atoms with Crippen molar-refractivity contribution >= 4 is 27.6 Å². The number of thioether (sulfide) groups is 1. The Morgan fingerprint density at radius 2 is 1.91 bits per heavy atom. The molecule has 1 aliphatic rings. The van der Waals surface area contributed by atoms with Crippen LogP contribution in [0, 0.1) is 0 Å². The lowest BCUT2D eigenvalue weighted by Gasteiger charge is -2.39. The molecule has 130 valence electrons. The van der Waals surface area contributed by atoms with E-state index in [9.17, 15) is 19.5 Å². The zero-order chi connectivity index (χ0) is 16.7. The third kappa shape index (κ3) is 5.76. The van der Waals surface area contributed by atoms with Crippen molar-refractivity contribution < 1.29 is 34.6 Å². The highest BCUT2D eigenvalue weighted by molar-refractivity contribution is 8.14. The second-order valence-corrected chi connectivity index (χ2v) is 7.77. The van der Waals surface area contributed by atoms with E-state index in [0.717, 1.165) is 11.8 Å². The summed E-state index contributed by atoms with van der Waals surface area (Å²) in [7, 11) is -0.871. The highest BCUT2D eigenvalue weighted by Gasteiger charge is 2.44. The van der Waals surface area contributed by atoms with Gasteiger partial charge in [-0.25, -0.2) is 0 Å². The molecule has 0 aromatic carbocycles. The summed E-state index contributed by atoms with van der Waals surface area (Å²) in [5.41, 5.74) is -0.957. The second kappa shape index (κ2) is 9.81. The van der Waals surface area contributed by atoms with Crippen LogP contribution in [0.25, 0.3) is 0 Å². The molecule has 0 aromatic heterocycles. The van der Waals surface area contributed by atoms with Gasteiger partial charge in [0.05, 0.1) is 6.61 Å². The van der Waals surface area contributed by atoms with Crippen LogP contribution in [0.3, 0.4) is 0 Å². The van der Waals surface area contributed by atoms with Crippen LogP contribution in [0.2, 0.25) is 0 Å². The van der Waals surface area contributed by atoms with E-state index in [1.807, 2.05) is 0 Å². The molecule has 1 aliphatic heterocycles. The standard InChI is InChI=1S/C12H23NO7S2/c1-22(19)5-3-2-4-8(13-18)21-12-11(17)10(16)9(15)7(6-14)20-12/h7,9-12,14-18H,2-6H2,1H3/b13-8+/t7-,9+,10-,11+,12-,22-/m0/s1. The molecule has 6 atom stereocenters. The van der Waals surface area contributed by atoms with E-state index in [-0.39, 0.29) is 0 Å². The first kappa shape index (κ1) is 19.8. The van der Waals surface area contributed by atoms with Crippen molar-refractivity contribution in [3.8, 4) is 0 Å². The number of hydrogen-bond acceptors (Lipinski definition) is 9. The molecule has 0 aliphatic carbocycles. The number of rotatable bonds is 7. The summed E-state index contributed by atoms with van der Waals surface area (Å²) in [6.45, 7) is -0.504. The van der Waals surface area contributed by atoms with Gasteiger partial charge >= 0.3 is 0 Å². The fourth-order valence-electron chi connectivity index (χ4n) is 2.01. The molecule has 0 radical (unpaired) electrons. The first-order valence-corrected chi connectivity index (χ1v) is 9.49. The Kier molecular flexibility index (Phi) is 8.83. The Morgan fingerprint density at radius 1 is 1.23 bits per heavy atom. The Balaban J connectivity index is 2.53. The molecule has 1 rings (SSSR count). The molecule has 0 aromatic rings. The molecule has 0 bridgehead atoms. The van der Waals surface area contributed by atoms with E-state index < -0.39 is 47.3 Å². The maximum absolute atomic E-state index is 11.0. The van der Waals surface area contributed by atoms with E-state index in [2.05, 4.69) is 5.16 Å². The molecule has 1 saturated heterocycles. The lowest BCUT2D eigenvalue weighted by Crippen LogP contribution is -2.57. The highest BCUT2D eigenvalue weighted by atomic mass is 32.2. The van der Waals surface area contributed by atoms with Gasteiger partial charge in [-0.3, -0.25) is 4.21 Å². The molecular weight excluding hydrogens is 334 g/mol. The van der Waals surface area contributed by atoms with E-state index >= 15 is 0 Å². The molecule has 5 N–H and O–H groups in total. The number of aliphatic hydroxyl groups excluding tert-OH is 4. The molecule has 22 heavy (non-hydrogen) atoms. The minimum absolute atomic E-state index is 0.297. The molecule has 0 amide bonds. The number of ether oxygens (including phenoxy) is 1. The summed E-state index contributed by atoms with van der Waals surface area (Å²) >= 11 is 0.927. The normalized spacial score (nSPS) is 34.6. The SMILES string of the molecule is C[S@](=O)CCCC/C(=N\O)S[C@@H]1O[C@@H](CO)[C@@H](O)[C@H](O)[C@H]1O. The van der Waals surface area contributed by atoms with Crippen LogP contribution in [0.4, 0.5) is 0 Å². The van der Waals surface area contributed by atoms with Crippen molar-refractivity contribution in [3.05, 3.63) is 0 Å². The summed E-state index contributed by atoms with van der Waals surface area (Å²) < 4.78 is 16.3. The van der Waals surface area contributed by atoms with Gasteiger partial charge in [0.25, 0.3) is 0 Å². The summed E-state index contributed by atoms with van der Waals surface area (Å²) in [4.78, 5) is 0. The van der Waals surface area contributed by atoms with Crippen LogP contribution in [-0.4, -0.2) is 83.4 Å². The Morgan fingerprint density at radius 3 is 2.45 bits per heavy atom. The molecule has 1 fully saturated rings. The highest BCUT2D eigenvalue weighted by Crippen LogP contribution is 2.30. The van der Waals surface area contributed by atoms with E-state index in [4.69, 9.17) is 15.1 Å². The molecular formula is C12H23NO7S2.